The lowest BCUT2D eigenvalue weighted by atomic mass is 9.91. The molecule has 27 heavy (non-hydrogen) atoms. The summed E-state index contributed by atoms with van der Waals surface area (Å²) in [5.74, 6) is 0.322. The van der Waals surface area contributed by atoms with Crippen molar-refractivity contribution < 1.29 is 5.11 Å². The quantitative estimate of drug-likeness (QED) is 0.451. The Morgan fingerprint density at radius 1 is 0.481 bits per heavy atom. The Morgan fingerprint density at radius 2 is 1.07 bits per heavy atom. The Hall–Kier alpha value is -3.32. The van der Waals surface area contributed by atoms with Crippen LogP contribution in [0.4, 0.5) is 0 Å². The SMILES string of the molecule is Oc1ccccc1-c1ccc(Cc2ccccc2)cc1Cc1ccccc1. The van der Waals surface area contributed by atoms with Gasteiger partial charge in [0.05, 0.1) is 0 Å². The lowest BCUT2D eigenvalue weighted by molar-refractivity contribution is 0.477. The topological polar surface area (TPSA) is 20.2 Å². The van der Waals surface area contributed by atoms with Crippen LogP contribution in [0.25, 0.3) is 11.1 Å². The normalized spacial score (nSPS) is 10.7. The lowest BCUT2D eigenvalue weighted by Gasteiger charge is -2.14. The van der Waals surface area contributed by atoms with E-state index in [1.54, 1.807) is 6.07 Å². The predicted octanol–water partition coefficient (Wildman–Crippen LogP) is 6.24. The van der Waals surface area contributed by atoms with Crippen molar-refractivity contribution in [2.45, 2.75) is 12.8 Å². The van der Waals surface area contributed by atoms with Gasteiger partial charge in [0.2, 0.25) is 0 Å². The minimum Gasteiger partial charge on any atom is -0.507 e. The molecule has 0 saturated heterocycles. The molecular weight excluding hydrogens is 328 g/mol. The Kier molecular flexibility index (Phi) is 5.02. The molecule has 0 fully saturated rings. The summed E-state index contributed by atoms with van der Waals surface area (Å²) < 4.78 is 0. The fourth-order valence-electron chi connectivity index (χ4n) is 3.51. The van der Waals surface area contributed by atoms with Gasteiger partial charge in [-0.3, -0.25) is 0 Å². The molecule has 0 aliphatic heterocycles. The van der Waals surface area contributed by atoms with Gasteiger partial charge in [-0.05, 0) is 46.7 Å². The number of hydrogen-bond acceptors (Lipinski definition) is 1. The van der Waals surface area contributed by atoms with Crippen molar-refractivity contribution in [3.05, 3.63) is 125 Å². The van der Waals surface area contributed by atoms with Crippen molar-refractivity contribution in [1.29, 1.82) is 0 Å². The molecule has 1 N–H and O–H groups in total. The van der Waals surface area contributed by atoms with Crippen LogP contribution in [0.5, 0.6) is 5.75 Å². The Bertz CT molecular complexity index is 1020. The largest absolute Gasteiger partial charge is 0.507 e. The maximum atomic E-state index is 10.4. The summed E-state index contributed by atoms with van der Waals surface area (Å²) in [7, 11) is 0. The van der Waals surface area contributed by atoms with Crippen molar-refractivity contribution in [3.8, 4) is 16.9 Å². The maximum absolute atomic E-state index is 10.4. The maximum Gasteiger partial charge on any atom is 0.123 e. The first-order chi connectivity index (χ1) is 13.3. The van der Waals surface area contributed by atoms with E-state index >= 15 is 0 Å². The second-order valence-electron chi connectivity index (χ2n) is 6.83. The molecule has 0 saturated carbocycles. The molecule has 0 heterocycles. The summed E-state index contributed by atoms with van der Waals surface area (Å²) in [4.78, 5) is 0. The molecule has 0 aliphatic carbocycles. The third kappa shape index (κ3) is 4.09. The van der Waals surface area contributed by atoms with Crippen molar-refractivity contribution in [3.63, 3.8) is 0 Å². The molecule has 0 radical (unpaired) electrons. The minimum atomic E-state index is 0.322. The van der Waals surface area contributed by atoms with Crippen molar-refractivity contribution in [2.24, 2.45) is 0 Å². The predicted molar refractivity (Wildman–Crippen MR) is 112 cm³/mol. The van der Waals surface area contributed by atoms with E-state index in [9.17, 15) is 5.11 Å². The van der Waals surface area contributed by atoms with Gasteiger partial charge in [-0.2, -0.15) is 0 Å². The van der Waals surface area contributed by atoms with E-state index in [0.717, 1.165) is 24.0 Å². The van der Waals surface area contributed by atoms with Crippen molar-refractivity contribution in [1.82, 2.24) is 0 Å². The highest BCUT2D eigenvalue weighted by atomic mass is 16.3. The molecule has 0 aromatic heterocycles. The van der Waals surface area contributed by atoms with Gasteiger partial charge in [0.25, 0.3) is 0 Å². The average Bonchev–Trinajstić information content (AvgIpc) is 2.71. The third-order valence-electron chi connectivity index (χ3n) is 4.85. The fourth-order valence-corrected chi connectivity index (χ4v) is 3.51. The molecule has 4 aromatic carbocycles. The molecule has 0 unspecified atom stereocenters. The Balaban J connectivity index is 1.75. The van der Waals surface area contributed by atoms with Crippen LogP contribution in [0.15, 0.2) is 103 Å². The van der Waals surface area contributed by atoms with Crippen LogP contribution in [0.3, 0.4) is 0 Å². The monoisotopic (exact) mass is 350 g/mol. The van der Waals surface area contributed by atoms with Gasteiger partial charge in [-0.15, -0.1) is 0 Å². The van der Waals surface area contributed by atoms with Gasteiger partial charge in [0.15, 0.2) is 0 Å². The molecule has 0 aliphatic rings. The zero-order chi connectivity index (χ0) is 18.5. The summed E-state index contributed by atoms with van der Waals surface area (Å²) in [6, 6.07) is 35.2. The zero-order valence-electron chi connectivity index (χ0n) is 15.2. The van der Waals surface area contributed by atoms with E-state index in [0.29, 0.717) is 5.75 Å². The fraction of sp³-hybridized carbons (Fsp3) is 0.0769. The number of phenols is 1. The summed E-state index contributed by atoms with van der Waals surface area (Å²) in [5.41, 5.74) is 7.07. The molecule has 1 heteroatoms. The van der Waals surface area contributed by atoms with E-state index in [1.165, 1.54) is 22.3 Å². The van der Waals surface area contributed by atoms with Crippen LogP contribution < -0.4 is 0 Å². The number of phenolic OH excluding ortho intramolecular Hbond substituents is 1. The average molecular weight is 350 g/mol. The van der Waals surface area contributed by atoms with E-state index in [1.807, 2.05) is 30.3 Å². The highest BCUT2D eigenvalue weighted by molar-refractivity contribution is 5.73. The summed E-state index contributed by atoms with van der Waals surface area (Å²) in [6.45, 7) is 0. The highest BCUT2D eigenvalue weighted by Gasteiger charge is 2.11. The summed E-state index contributed by atoms with van der Waals surface area (Å²) in [6.07, 6.45) is 1.75. The smallest absolute Gasteiger partial charge is 0.123 e. The molecule has 4 rings (SSSR count). The van der Waals surface area contributed by atoms with E-state index in [-0.39, 0.29) is 0 Å². The molecule has 1 nitrogen and oxygen atoms in total. The standard InChI is InChI=1S/C26H22O/c27-26-14-8-7-13-25(26)24-16-15-22(17-20-9-3-1-4-10-20)19-23(24)18-21-11-5-2-6-12-21/h1-16,19,27H,17-18H2. The number of hydrogen-bond donors (Lipinski definition) is 1. The Morgan fingerprint density at radius 3 is 1.74 bits per heavy atom. The molecule has 0 spiro atoms. The molecule has 4 aromatic rings. The molecular formula is C26H22O. The van der Waals surface area contributed by atoms with Crippen LogP contribution >= 0.6 is 0 Å². The van der Waals surface area contributed by atoms with E-state index < -0.39 is 0 Å². The summed E-state index contributed by atoms with van der Waals surface area (Å²) >= 11 is 0. The third-order valence-corrected chi connectivity index (χ3v) is 4.85. The first-order valence-corrected chi connectivity index (χ1v) is 9.27. The highest BCUT2D eigenvalue weighted by Crippen LogP contribution is 2.33. The van der Waals surface area contributed by atoms with Crippen LogP contribution in [0.1, 0.15) is 22.3 Å². The zero-order valence-corrected chi connectivity index (χ0v) is 15.2. The van der Waals surface area contributed by atoms with Gasteiger partial charge < -0.3 is 5.11 Å². The van der Waals surface area contributed by atoms with Gasteiger partial charge >= 0.3 is 0 Å². The first-order valence-electron chi connectivity index (χ1n) is 9.27. The number of para-hydroxylation sites is 1. The van der Waals surface area contributed by atoms with Gasteiger partial charge in [0.1, 0.15) is 5.75 Å². The van der Waals surface area contributed by atoms with Crippen molar-refractivity contribution in [2.75, 3.05) is 0 Å². The van der Waals surface area contributed by atoms with Crippen LogP contribution in [-0.4, -0.2) is 5.11 Å². The second kappa shape index (κ2) is 7.92. The second-order valence-corrected chi connectivity index (χ2v) is 6.83. The molecule has 0 atom stereocenters. The van der Waals surface area contributed by atoms with E-state index in [4.69, 9.17) is 0 Å². The van der Waals surface area contributed by atoms with Gasteiger partial charge in [-0.1, -0.05) is 97.1 Å². The van der Waals surface area contributed by atoms with E-state index in [2.05, 4.69) is 66.7 Å². The van der Waals surface area contributed by atoms with Crippen LogP contribution in [0.2, 0.25) is 0 Å². The van der Waals surface area contributed by atoms with Crippen molar-refractivity contribution >= 4 is 0 Å². The number of benzene rings is 4. The molecule has 0 amide bonds. The van der Waals surface area contributed by atoms with Gasteiger partial charge in [0, 0.05) is 5.56 Å². The molecule has 0 bridgehead atoms. The van der Waals surface area contributed by atoms with Crippen LogP contribution in [-0.2, 0) is 12.8 Å². The Labute approximate surface area is 160 Å². The summed E-state index contributed by atoms with van der Waals surface area (Å²) in [5, 5.41) is 10.4. The minimum absolute atomic E-state index is 0.322. The first kappa shape index (κ1) is 17.1. The van der Waals surface area contributed by atoms with Crippen LogP contribution in [0, 0.1) is 0 Å². The van der Waals surface area contributed by atoms with Gasteiger partial charge in [-0.25, -0.2) is 0 Å². The number of rotatable bonds is 5. The lowest BCUT2D eigenvalue weighted by Crippen LogP contribution is -1.96. The number of aromatic hydroxyl groups is 1. The molecule has 132 valence electrons.